The highest BCUT2D eigenvalue weighted by Gasteiger charge is 2.30. The van der Waals surface area contributed by atoms with E-state index in [1.165, 1.54) is 0 Å². The molecule has 4 heteroatoms. The summed E-state index contributed by atoms with van der Waals surface area (Å²) in [6.07, 6.45) is 3.75. The van der Waals surface area contributed by atoms with Crippen LogP contribution in [0.15, 0.2) is 53.1 Å². The Bertz CT molecular complexity index is 649. The highest BCUT2D eigenvalue weighted by atomic mass is 16.5. The molecule has 0 aliphatic carbocycles. The van der Waals surface area contributed by atoms with Crippen molar-refractivity contribution in [2.24, 2.45) is 0 Å². The van der Waals surface area contributed by atoms with E-state index in [2.05, 4.69) is 19.2 Å². The van der Waals surface area contributed by atoms with Gasteiger partial charge in [0.25, 0.3) is 0 Å². The van der Waals surface area contributed by atoms with Crippen LogP contribution in [0, 0.1) is 0 Å². The van der Waals surface area contributed by atoms with E-state index in [9.17, 15) is 4.79 Å². The second kappa shape index (κ2) is 7.22. The van der Waals surface area contributed by atoms with E-state index in [4.69, 9.17) is 9.15 Å². The SMILES string of the molecule is CC1(C)C[C@@H](NC(=O)C[C@@H](c2ccccc2)c2ccco2)CCO1. The van der Waals surface area contributed by atoms with Crippen molar-refractivity contribution >= 4 is 5.91 Å². The van der Waals surface area contributed by atoms with E-state index < -0.39 is 0 Å². The van der Waals surface area contributed by atoms with Crippen molar-refractivity contribution in [1.82, 2.24) is 5.32 Å². The number of hydrogen-bond donors (Lipinski definition) is 1. The van der Waals surface area contributed by atoms with Gasteiger partial charge in [-0.05, 0) is 44.4 Å². The summed E-state index contributed by atoms with van der Waals surface area (Å²) in [5.41, 5.74) is 0.922. The summed E-state index contributed by atoms with van der Waals surface area (Å²) in [5.74, 6) is 0.820. The Morgan fingerprint density at radius 1 is 1.25 bits per heavy atom. The Hall–Kier alpha value is -2.07. The zero-order chi connectivity index (χ0) is 17.0. The van der Waals surface area contributed by atoms with Gasteiger partial charge in [0.05, 0.1) is 17.8 Å². The lowest BCUT2D eigenvalue weighted by Crippen LogP contribution is -2.46. The summed E-state index contributed by atoms with van der Waals surface area (Å²) in [5, 5.41) is 3.18. The van der Waals surface area contributed by atoms with Crippen LogP contribution in [0.4, 0.5) is 0 Å². The predicted molar refractivity (Wildman–Crippen MR) is 92.8 cm³/mol. The molecule has 1 saturated heterocycles. The van der Waals surface area contributed by atoms with E-state index in [0.29, 0.717) is 13.0 Å². The third-order valence-corrected chi connectivity index (χ3v) is 4.54. The summed E-state index contributed by atoms with van der Waals surface area (Å²) in [7, 11) is 0. The highest BCUT2D eigenvalue weighted by Crippen LogP contribution is 2.29. The molecule has 128 valence electrons. The van der Waals surface area contributed by atoms with Gasteiger partial charge in [-0.25, -0.2) is 0 Å². The monoisotopic (exact) mass is 327 g/mol. The van der Waals surface area contributed by atoms with Gasteiger partial charge in [0.15, 0.2) is 0 Å². The van der Waals surface area contributed by atoms with Crippen LogP contribution >= 0.6 is 0 Å². The van der Waals surface area contributed by atoms with E-state index in [1.54, 1.807) is 6.26 Å². The number of amides is 1. The molecule has 0 saturated carbocycles. The smallest absolute Gasteiger partial charge is 0.221 e. The third kappa shape index (κ3) is 4.26. The molecule has 1 N–H and O–H groups in total. The number of nitrogens with one attached hydrogen (secondary N) is 1. The molecule has 3 rings (SSSR count). The van der Waals surface area contributed by atoms with Gasteiger partial charge in [0, 0.05) is 19.1 Å². The summed E-state index contributed by atoms with van der Waals surface area (Å²) in [4.78, 5) is 12.6. The molecule has 1 aliphatic rings. The average Bonchev–Trinajstić information content (AvgIpc) is 3.06. The zero-order valence-electron chi connectivity index (χ0n) is 14.3. The first-order chi connectivity index (χ1) is 11.5. The van der Waals surface area contributed by atoms with Gasteiger partial charge < -0.3 is 14.5 Å². The summed E-state index contributed by atoms with van der Waals surface area (Å²) >= 11 is 0. The lowest BCUT2D eigenvalue weighted by Gasteiger charge is -2.36. The minimum Gasteiger partial charge on any atom is -0.469 e. The van der Waals surface area contributed by atoms with Gasteiger partial charge in [-0.1, -0.05) is 30.3 Å². The van der Waals surface area contributed by atoms with Crippen LogP contribution in [0.1, 0.15) is 50.4 Å². The molecule has 2 aromatic rings. The summed E-state index contributed by atoms with van der Waals surface area (Å²) in [6, 6.07) is 14.0. The first-order valence-electron chi connectivity index (χ1n) is 8.55. The van der Waals surface area contributed by atoms with Crippen LogP contribution < -0.4 is 5.32 Å². The molecule has 4 nitrogen and oxygen atoms in total. The molecule has 2 atom stereocenters. The van der Waals surface area contributed by atoms with E-state index in [-0.39, 0.29) is 23.5 Å². The molecular formula is C20H25NO3. The standard InChI is InChI=1S/C20H25NO3/c1-20(2)14-16(10-12-24-20)21-19(22)13-17(18-9-6-11-23-18)15-7-4-3-5-8-15/h3-9,11,16-17H,10,12-14H2,1-2H3,(H,21,22)/t16-,17-/m0/s1. The molecule has 2 heterocycles. The van der Waals surface area contributed by atoms with Gasteiger partial charge >= 0.3 is 0 Å². The molecule has 0 spiro atoms. The van der Waals surface area contributed by atoms with Crippen molar-refractivity contribution in [3.8, 4) is 0 Å². The van der Waals surface area contributed by atoms with Crippen LogP contribution in [0.3, 0.4) is 0 Å². The third-order valence-electron chi connectivity index (χ3n) is 4.54. The van der Waals surface area contributed by atoms with Gasteiger partial charge in [0.1, 0.15) is 5.76 Å². The number of ether oxygens (including phenoxy) is 1. The number of carbonyl (C=O) groups is 1. The van der Waals surface area contributed by atoms with Crippen molar-refractivity contribution in [2.45, 2.75) is 50.7 Å². The van der Waals surface area contributed by atoms with Crippen LogP contribution in [0.5, 0.6) is 0 Å². The number of carbonyl (C=O) groups excluding carboxylic acids is 1. The largest absolute Gasteiger partial charge is 0.469 e. The molecule has 1 aromatic heterocycles. The Morgan fingerprint density at radius 3 is 2.71 bits per heavy atom. The number of hydrogen-bond acceptors (Lipinski definition) is 3. The molecule has 0 radical (unpaired) electrons. The molecule has 1 aromatic carbocycles. The fourth-order valence-corrected chi connectivity index (χ4v) is 3.38. The van der Waals surface area contributed by atoms with Crippen LogP contribution in [0.25, 0.3) is 0 Å². The molecule has 0 unspecified atom stereocenters. The lowest BCUT2D eigenvalue weighted by molar-refractivity contribution is -0.124. The normalized spacial score (nSPS) is 21.2. The van der Waals surface area contributed by atoms with Crippen molar-refractivity contribution in [1.29, 1.82) is 0 Å². The highest BCUT2D eigenvalue weighted by molar-refractivity contribution is 5.77. The van der Waals surface area contributed by atoms with Crippen molar-refractivity contribution in [3.05, 3.63) is 60.1 Å². The molecule has 1 fully saturated rings. The Balaban J connectivity index is 1.68. The average molecular weight is 327 g/mol. The summed E-state index contributed by atoms with van der Waals surface area (Å²) in [6.45, 7) is 4.83. The summed E-state index contributed by atoms with van der Waals surface area (Å²) < 4.78 is 11.3. The minimum absolute atomic E-state index is 0.0583. The van der Waals surface area contributed by atoms with Crippen molar-refractivity contribution < 1.29 is 13.9 Å². The molecule has 0 bridgehead atoms. The van der Waals surface area contributed by atoms with E-state index >= 15 is 0 Å². The van der Waals surface area contributed by atoms with Crippen molar-refractivity contribution in [3.63, 3.8) is 0 Å². The van der Waals surface area contributed by atoms with Gasteiger partial charge in [-0.3, -0.25) is 4.79 Å². The second-order valence-corrected chi connectivity index (χ2v) is 7.05. The maximum absolute atomic E-state index is 12.6. The Morgan fingerprint density at radius 2 is 2.04 bits per heavy atom. The van der Waals surface area contributed by atoms with Gasteiger partial charge in [-0.15, -0.1) is 0 Å². The Kier molecular flexibility index (Phi) is 5.05. The lowest BCUT2D eigenvalue weighted by atomic mass is 9.91. The fourth-order valence-electron chi connectivity index (χ4n) is 3.38. The first kappa shape index (κ1) is 16.8. The first-order valence-corrected chi connectivity index (χ1v) is 8.55. The van der Waals surface area contributed by atoms with Crippen LogP contribution in [-0.2, 0) is 9.53 Å². The maximum atomic E-state index is 12.6. The predicted octanol–water partition coefficient (Wildman–Crippen LogP) is 3.88. The quantitative estimate of drug-likeness (QED) is 0.907. The number of benzene rings is 1. The number of furan rings is 1. The van der Waals surface area contributed by atoms with E-state index in [0.717, 1.165) is 24.2 Å². The zero-order valence-corrected chi connectivity index (χ0v) is 14.3. The van der Waals surface area contributed by atoms with Crippen LogP contribution in [0.2, 0.25) is 0 Å². The minimum atomic E-state index is -0.171. The molecule has 24 heavy (non-hydrogen) atoms. The Labute approximate surface area is 143 Å². The van der Waals surface area contributed by atoms with Gasteiger partial charge in [-0.2, -0.15) is 0 Å². The second-order valence-electron chi connectivity index (χ2n) is 7.05. The van der Waals surface area contributed by atoms with Crippen molar-refractivity contribution in [2.75, 3.05) is 6.61 Å². The fraction of sp³-hybridized carbons (Fsp3) is 0.450. The van der Waals surface area contributed by atoms with Gasteiger partial charge in [0.2, 0.25) is 5.91 Å². The number of rotatable bonds is 5. The molecule has 1 amide bonds. The molecule has 1 aliphatic heterocycles. The maximum Gasteiger partial charge on any atom is 0.221 e. The van der Waals surface area contributed by atoms with E-state index in [1.807, 2.05) is 42.5 Å². The topological polar surface area (TPSA) is 51.5 Å². The van der Waals surface area contributed by atoms with Crippen LogP contribution in [-0.4, -0.2) is 24.2 Å². The molecular weight excluding hydrogens is 302 g/mol.